The fourth-order valence-electron chi connectivity index (χ4n) is 3.47. The number of anilines is 1. The number of sulfone groups is 1. The molecule has 0 bridgehead atoms. The van der Waals surface area contributed by atoms with E-state index in [-0.39, 0.29) is 23.6 Å². The van der Waals surface area contributed by atoms with Gasteiger partial charge in [0.2, 0.25) is 0 Å². The Morgan fingerprint density at radius 1 is 1.12 bits per heavy atom. The number of thioether (sulfide) groups is 1. The molecular weight excluding hydrogens is 352 g/mol. The third-order valence-electron chi connectivity index (χ3n) is 4.59. The number of para-hydroxylation sites is 1. The maximum Gasteiger partial charge on any atom is 0.164 e. The Morgan fingerprint density at radius 2 is 1.92 bits per heavy atom. The van der Waals surface area contributed by atoms with Crippen molar-refractivity contribution >= 4 is 32.5 Å². The van der Waals surface area contributed by atoms with E-state index in [9.17, 15) is 8.42 Å². The van der Waals surface area contributed by atoms with E-state index in [4.69, 9.17) is 4.99 Å². The van der Waals surface area contributed by atoms with E-state index in [1.807, 2.05) is 30.3 Å². The van der Waals surface area contributed by atoms with E-state index in [1.54, 1.807) is 11.8 Å². The number of benzene rings is 2. The summed E-state index contributed by atoms with van der Waals surface area (Å²) in [7, 11) is -3.00. The molecule has 6 heteroatoms. The van der Waals surface area contributed by atoms with Gasteiger partial charge >= 0.3 is 0 Å². The van der Waals surface area contributed by atoms with E-state index in [0.717, 1.165) is 16.6 Å². The maximum atomic E-state index is 12.0. The molecule has 4 nitrogen and oxygen atoms in total. The van der Waals surface area contributed by atoms with Gasteiger partial charge in [-0.2, -0.15) is 0 Å². The molecule has 2 aliphatic heterocycles. The molecule has 130 valence electrons. The zero-order valence-corrected chi connectivity index (χ0v) is 15.6. The first-order valence-corrected chi connectivity index (χ1v) is 11.1. The second-order valence-electron chi connectivity index (χ2n) is 6.61. The Morgan fingerprint density at radius 3 is 2.68 bits per heavy atom. The van der Waals surface area contributed by atoms with Gasteiger partial charge in [-0.15, -0.1) is 0 Å². The Hall–Kier alpha value is -1.79. The molecule has 1 saturated heterocycles. The Kier molecular flexibility index (Phi) is 4.33. The molecule has 0 aromatic heterocycles. The second-order valence-corrected chi connectivity index (χ2v) is 9.70. The zero-order chi connectivity index (χ0) is 17.4. The molecule has 25 heavy (non-hydrogen) atoms. The number of nitrogens with zero attached hydrogens (tertiary/aromatic N) is 2. The zero-order valence-electron chi connectivity index (χ0n) is 14.0. The second kappa shape index (κ2) is 6.50. The van der Waals surface area contributed by atoms with E-state index in [1.165, 1.54) is 11.1 Å². The Labute approximate surface area is 152 Å². The van der Waals surface area contributed by atoms with Crippen LogP contribution < -0.4 is 4.90 Å². The third-order valence-corrected chi connectivity index (χ3v) is 7.33. The molecule has 2 heterocycles. The molecule has 2 aromatic rings. The van der Waals surface area contributed by atoms with Gasteiger partial charge in [-0.1, -0.05) is 59.8 Å². The van der Waals surface area contributed by atoms with Gasteiger partial charge in [-0.3, -0.25) is 4.99 Å². The fraction of sp³-hybridized carbons (Fsp3) is 0.316. The summed E-state index contributed by atoms with van der Waals surface area (Å²) in [5.41, 5.74) is 3.52. The van der Waals surface area contributed by atoms with Crippen molar-refractivity contribution in [2.75, 3.05) is 16.4 Å². The number of rotatable bonds is 3. The van der Waals surface area contributed by atoms with Gasteiger partial charge in [0, 0.05) is 11.4 Å². The predicted molar refractivity (Wildman–Crippen MR) is 105 cm³/mol. The van der Waals surface area contributed by atoms with Crippen molar-refractivity contribution in [3.8, 4) is 0 Å². The molecule has 2 aromatic carbocycles. The summed E-state index contributed by atoms with van der Waals surface area (Å²) in [6.07, 6.45) is 0. The molecule has 0 aliphatic carbocycles. The highest BCUT2D eigenvalue weighted by Gasteiger charge is 2.47. The summed E-state index contributed by atoms with van der Waals surface area (Å²) in [5.74, 6) is 1.18. The summed E-state index contributed by atoms with van der Waals surface area (Å²) in [4.78, 5) is 6.89. The Bertz CT molecular complexity index is 910. The summed E-state index contributed by atoms with van der Waals surface area (Å²) < 4.78 is 24.1. The van der Waals surface area contributed by atoms with Crippen LogP contribution in [0.4, 0.5) is 5.69 Å². The van der Waals surface area contributed by atoms with Crippen LogP contribution in [0.25, 0.3) is 0 Å². The number of hydrogen-bond donors (Lipinski definition) is 0. The smallest absolute Gasteiger partial charge is 0.164 e. The molecule has 2 aliphatic rings. The summed E-state index contributed by atoms with van der Waals surface area (Å²) in [5, 5.41) is 0.928. The number of amidine groups is 1. The van der Waals surface area contributed by atoms with Crippen molar-refractivity contribution in [1.29, 1.82) is 0 Å². The van der Waals surface area contributed by atoms with Crippen LogP contribution in [0.5, 0.6) is 0 Å². The van der Waals surface area contributed by atoms with E-state index >= 15 is 0 Å². The first kappa shape index (κ1) is 16.7. The first-order valence-electron chi connectivity index (χ1n) is 8.33. The SMILES string of the molecule is Cc1cccc(CSC2=N[C@@H]3CS(=O)(=O)C[C@H]3N2c2ccccc2)c1. The molecule has 0 saturated carbocycles. The number of aryl methyl sites for hydroxylation is 1. The molecular formula is C19H20N2O2S2. The quantitative estimate of drug-likeness (QED) is 0.830. The lowest BCUT2D eigenvalue weighted by molar-refractivity contribution is 0.601. The molecule has 0 N–H and O–H groups in total. The maximum absolute atomic E-state index is 12.0. The molecule has 4 rings (SSSR count). The van der Waals surface area contributed by atoms with Crippen LogP contribution in [0.2, 0.25) is 0 Å². The lowest BCUT2D eigenvalue weighted by Crippen LogP contribution is -2.39. The molecule has 0 radical (unpaired) electrons. The fourth-order valence-corrected chi connectivity index (χ4v) is 6.38. The first-order chi connectivity index (χ1) is 12.0. The van der Waals surface area contributed by atoms with Crippen molar-refractivity contribution in [3.63, 3.8) is 0 Å². The van der Waals surface area contributed by atoms with E-state index in [2.05, 4.69) is 36.1 Å². The van der Waals surface area contributed by atoms with Crippen LogP contribution in [0.15, 0.2) is 59.6 Å². The van der Waals surface area contributed by atoms with Crippen LogP contribution in [-0.4, -0.2) is 37.2 Å². The van der Waals surface area contributed by atoms with Gasteiger partial charge in [-0.25, -0.2) is 8.42 Å². The highest BCUT2D eigenvalue weighted by molar-refractivity contribution is 8.13. The lowest BCUT2D eigenvalue weighted by atomic mass is 10.1. The summed E-state index contributed by atoms with van der Waals surface area (Å²) in [6, 6.07) is 18.2. The topological polar surface area (TPSA) is 49.7 Å². The molecule has 0 unspecified atom stereocenters. The normalized spacial score (nSPS) is 24.2. The van der Waals surface area contributed by atoms with Gasteiger partial charge in [0.05, 0.1) is 23.6 Å². The van der Waals surface area contributed by atoms with E-state index in [0.29, 0.717) is 0 Å². The third kappa shape index (κ3) is 3.46. The van der Waals surface area contributed by atoms with Crippen LogP contribution in [0.1, 0.15) is 11.1 Å². The average molecular weight is 373 g/mol. The van der Waals surface area contributed by atoms with Gasteiger partial charge in [0.15, 0.2) is 15.0 Å². The van der Waals surface area contributed by atoms with Crippen molar-refractivity contribution in [1.82, 2.24) is 0 Å². The monoisotopic (exact) mass is 372 g/mol. The van der Waals surface area contributed by atoms with Crippen molar-refractivity contribution in [2.45, 2.75) is 24.8 Å². The minimum atomic E-state index is -3.00. The minimum absolute atomic E-state index is 0.0765. The van der Waals surface area contributed by atoms with Crippen LogP contribution in [0.3, 0.4) is 0 Å². The Balaban J connectivity index is 1.60. The summed E-state index contributed by atoms with van der Waals surface area (Å²) in [6.45, 7) is 2.09. The predicted octanol–water partition coefficient (Wildman–Crippen LogP) is 3.27. The van der Waals surface area contributed by atoms with Crippen molar-refractivity contribution < 1.29 is 8.42 Å². The lowest BCUT2D eigenvalue weighted by Gasteiger charge is -2.26. The number of fused-ring (bicyclic) bond motifs is 1. The van der Waals surface area contributed by atoms with Gasteiger partial charge in [0.1, 0.15) is 0 Å². The van der Waals surface area contributed by atoms with Crippen LogP contribution in [-0.2, 0) is 15.6 Å². The molecule has 1 fully saturated rings. The standard InChI is InChI=1S/C19H20N2O2S2/c1-14-6-5-7-15(10-14)11-24-19-20-17-12-25(22,23)13-18(17)21(19)16-8-3-2-4-9-16/h2-10,17-18H,11-13H2,1H3/t17-,18-/m1/s1. The molecule has 0 amide bonds. The molecule has 0 spiro atoms. The summed E-state index contributed by atoms with van der Waals surface area (Å²) >= 11 is 1.69. The van der Waals surface area contributed by atoms with Gasteiger partial charge < -0.3 is 4.90 Å². The van der Waals surface area contributed by atoms with E-state index < -0.39 is 9.84 Å². The number of hydrogen-bond acceptors (Lipinski definition) is 5. The largest absolute Gasteiger partial charge is 0.315 e. The van der Waals surface area contributed by atoms with Crippen molar-refractivity contribution in [3.05, 3.63) is 65.7 Å². The van der Waals surface area contributed by atoms with Gasteiger partial charge in [-0.05, 0) is 24.6 Å². The van der Waals surface area contributed by atoms with Crippen LogP contribution >= 0.6 is 11.8 Å². The molecule has 2 atom stereocenters. The van der Waals surface area contributed by atoms with Gasteiger partial charge in [0.25, 0.3) is 0 Å². The number of aliphatic imine (C=N–C) groups is 1. The average Bonchev–Trinajstić information content (AvgIpc) is 3.05. The highest BCUT2D eigenvalue weighted by Crippen LogP contribution is 2.35. The minimum Gasteiger partial charge on any atom is -0.315 e. The van der Waals surface area contributed by atoms with Crippen molar-refractivity contribution in [2.24, 2.45) is 4.99 Å². The highest BCUT2D eigenvalue weighted by atomic mass is 32.2. The van der Waals surface area contributed by atoms with Crippen LogP contribution in [0, 0.1) is 6.92 Å².